The first-order chi connectivity index (χ1) is 37.2. The van der Waals surface area contributed by atoms with Gasteiger partial charge in [0.05, 0.1) is 16.2 Å². The monoisotopic (exact) mass is 946 g/mol. The molecule has 0 atom stereocenters. The lowest BCUT2D eigenvalue weighted by Gasteiger charge is -2.34. The number of hydrogen-bond donors (Lipinski definition) is 0. The second kappa shape index (κ2) is 14.9. The third-order valence-electron chi connectivity index (χ3n) is 18.2. The summed E-state index contributed by atoms with van der Waals surface area (Å²) in [5.41, 5.74) is 32.7. The maximum Gasteiger partial charge on any atom is 0.0725 e. The van der Waals surface area contributed by atoms with Crippen molar-refractivity contribution in [3.05, 3.63) is 346 Å². The lowest BCUT2D eigenvalue weighted by molar-refractivity contribution is 0.769. The first-order valence-electron chi connectivity index (χ1n) is 26.5. The Hall–Kier alpha value is -9.36. The van der Waals surface area contributed by atoms with E-state index in [2.05, 4.69) is 279 Å². The summed E-state index contributed by atoms with van der Waals surface area (Å²) in [4.78, 5) is 0. The van der Waals surface area contributed by atoms with Crippen LogP contribution in [0.5, 0.6) is 0 Å². The Labute approximate surface area is 437 Å². The van der Waals surface area contributed by atoms with Crippen LogP contribution in [0.1, 0.15) is 66.8 Å². The van der Waals surface area contributed by atoms with Crippen molar-refractivity contribution in [2.45, 2.75) is 16.2 Å². The van der Waals surface area contributed by atoms with Gasteiger partial charge in [-0.2, -0.15) is 0 Å². The van der Waals surface area contributed by atoms with Gasteiger partial charge in [0.15, 0.2) is 0 Å². The Morgan fingerprint density at radius 3 is 0.667 bits per heavy atom. The molecule has 346 valence electrons. The van der Waals surface area contributed by atoms with Crippen LogP contribution in [0.15, 0.2) is 279 Å². The van der Waals surface area contributed by atoms with Crippen molar-refractivity contribution in [1.82, 2.24) is 0 Å². The molecule has 0 saturated heterocycles. The van der Waals surface area contributed by atoms with Crippen LogP contribution in [-0.2, 0) is 16.2 Å². The fraction of sp³-hybridized carbons (Fsp3) is 0.0400. The molecule has 5 aliphatic carbocycles. The highest BCUT2D eigenvalue weighted by Crippen LogP contribution is 2.65. The third-order valence-corrected chi connectivity index (χ3v) is 18.2. The van der Waals surface area contributed by atoms with Crippen molar-refractivity contribution in [2.75, 3.05) is 0 Å². The SMILES string of the molecule is c1cc(-c2ccc3c(c2)-c2ccccc2C32c3ccccc3-c3ccccc32)cc(C2(c3cccc(-c4ccc5c(c4)-c4ccccc4C54c5ccccc5-c5ccccc54)c3)c3ccccc3-c3ccccc32)c1. The molecule has 0 aromatic heterocycles. The van der Waals surface area contributed by atoms with Crippen LogP contribution < -0.4 is 0 Å². The van der Waals surface area contributed by atoms with Gasteiger partial charge in [0, 0.05) is 0 Å². The molecule has 0 nitrogen and oxygen atoms in total. The molecule has 5 aliphatic rings. The van der Waals surface area contributed by atoms with Gasteiger partial charge < -0.3 is 0 Å². The van der Waals surface area contributed by atoms with E-state index in [1.165, 1.54) is 145 Å². The van der Waals surface area contributed by atoms with Crippen LogP contribution in [0.2, 0.25) is 0 Å². The lowest BCUT2D eigenvalue weighted by atomic mass is 9.67. The highest BCUT2D eigenvalue weighted by molar-refractivity contribution is 5.98. The van der Waals surface area contributed by atoms with Crippen molar-refractivity contribution in [1.29, 1.82) is 0 Å². The minimum Gasteiger partial charge on any atom is -0.0619 e. The van der Waals surface area contributed by atoms with Crippen molar-refractivity contribution in [3.8, 4) is 77.9 Å². The Balaban J connectivity index is 0.843. The first kappa shape index (κ1) is 41.1. The van der Waals surface area contributed by atoms with Crippen LogP contribution in [0.25, 0.3) is 77.9 Å². The number of benzene rings is 12. The van der Waals surface area contributed by atoms with Gasteiger partial charge in [-0.3, -0.25) is 0 Å². The third kappa shape index (κ3) is 5.03. The molecule has 75 heavy (non-hydrogen) atoms. The molecule has 0 radical (unpaired) electrons. The summed E-state index contributed by atoms with van der Waals surface area (Å²) < 4.78 is 0. The molecule has 12 aromatic carbocycles. The molecule has 0 fully saturated rings. The maximum absolute atomic E-state index is 2.49. The molecule has 17 rings (SSSR count). The molecule has 2 spiro atoms. The number of fused-ring (bicyclic) bond motifs is 23. The molecule has 0 aliphatic heterocycles. The summed E-state index contributed by atoms with van der Waals surface area (Å²) in [5.74, 6) is 0. The zero-order valence-electron chi connectivity index (χ0n) is 41.1. The van der Waals surface area contributed by atoms with Crippen LogP contribution in [0.4, 0.5) is 0 Å². The van der Waals surface area contributed by atoms with Gasteiger partial charge in [-0.25, -0.2) is 0 Å². The highest BCUT2D eigenvalue weighted by Gasteiger charge is 2.53. The van der Waals surface area contributed by atoms with E-state index in [1.807, 2.05) is 0 Å². The highest BCUT2D eigenvalue weighted by atomic mass is 14.5. The maximum atomic E-state index is 2.49. The predicted octanol–water partition coefficient (Wildman–Crippen LogP) is 18.1. The van der Waals surface area contributed by atoms with Crippen molar-refractivity contribution < 1.29 is 0 Å². The summed E-state index contributed by atoms with van der Waals surface area (Å²) >= 11 is 0. The quantitative estimate of drug-likeness (QED) is 0.165. The van der Waals surface area contributed by atoms with E-state index in [4.69, 9.17) is 0 Å². The Morgan fingerprint density at radius 2 is 0.373 bits per heavy atom. The van der Waals surface area contributed by atoms with E-state index in [0.29, 0.717) is 0 Å². The van der Waals surface area contributed by atoms with Crippen molar-refractivity contribution in [2.24, 2.45) is 0 Å². The van der Waals surface area contributed by atoms with E-state index < -0.39 is 5.41 Å². The van der Waals surface area contributed by atoms with E-state index in [9.17, 15) is 0 Å². The second-order valence-electron chi connectivity index (χ2n) is 21.3. The molecule has 0 unspecified atom stereocenters. The Morgan fingerprint density at radius 1 is 0.147 bits per heavy atom. The van der Waals surface area contributed by atoms with E-state index in [-0.39, 0.29) is 10.8 Å². The van der Waals surface area contributed by atoms with Gasteiger partial charge in [0.2, 0.25) is 0 Å². The fourth-order valence-corrected chi connectivity index (χ4v) is 15.4. The van der Waals surface area contributed by atoms with Gasteiger partial charge in [0.1, 0.15) is 0 Å². The summed E-state index contributed by atoms with van der Waals surface area (Å²) in [7, 11) is 0. The fourth-order valence-electron chi connectivity index (χ4n) is 15.4. The minimum atomic E-state index is -0.589. The standard InChI is InChI=1S/C75H46/c1-9-31-63-53(23-1)54-24-2-10-32-64(54)73(63,51-21-17-19-47(43-51)49-39-41-71-61(45-49)59-29-7-15-37-69(59)74(71)65-33-11-3-25-55(65)56-26-4-12-34-66(56)74)52-22-18-20-48(44-52)50-40-42-72-62(46-50)60-30-8-16-38-70(60)75(72)67-35-13-5-27-57(67)58-28-6-14-36-68(58)75/h1-46H. The van der Waals surface area contributed by atoms with Gasteiger partial charge in [-0.05, 0) is 169 Å². The van der Waals surface area contributed by atoms with Gasteiger partial charge in [0.25, 0.3) is 0 Å². The largest absolute Gasteiger partial charge is 0.0725 e. The zero-order valence-corrected chi connectivity index (χ0v) is 41.1. The molecule has 0 heterocycles. The second-order valence-corrected chi connectivity index (χ2v) is 21.3. The molecule has 0 amide bonds. The van der Waals surface area contributed by atoms with E-state index in [1.54, 1.807) is 0 Å². The average Bonchev–Trinajstić information content (AvgIpc) is 4.41. The van der Waals surface area contributed by atoms with Crippen LogP contribution in [-0.4, -0.2) is 0 Å². The predicted molar refractivity (Wildman–Crippen MR) is 307 cm³/mol. The summed E-state index contributed by atoms with van der Waals surface area (Å²) in [6.07, 6.45) is 0. The van der Waals surface area contributed by atoms with Gasteiger partial charge in [-0.1, -0.05) is 255 Å². The molecular formula is C75H46. The summed E-state index contributed by atoms with van der Waals surface area (Å²) in [6.45, 7) is 0. The average molecular weight is 947 g/mol. The molecule has 0 heteroatoms. The lowest BCUT2D eigenvalue weighted by Crippen LogP contribution is -2.28. The Kier molecular flexibility index (Phi) is 8.16. The Bertz CT molecular complexity index is 4070. The normalized spacial score (nSPS) is 15.0. The molecule has 0 saturated carbocycles. The zero-order chi connectivity index (χ0) is 49.0. The smallest absolute Gasteiger partial charge is 0.0619 e. The number of hydrogen-bond acceptors (Lipinski definition) is 0. The summed E-state index contributed by atoms with van der Waals surface area (Å²) in [6, 6.07) is 106. The van der Waals surface area contributed by atoms with Crippen LogP contribution in [0.3, 0.4) is 0 Å². The molecule has 0 bridgehead atoms. The first-order valence-corrected chi connectivity index (χ1v) is 26.5. The van der Waals surface area contributed by atoms with Crippen molar-refractivity contribution >= 4 is 0 Å². The van der Waals surface area contributed by atoms with Gasteiger partial charge >= 0.3 is 0 Å². The molecule has 12 aromatic rings. The van der Waals surface area contributed by atoms with Crippen molar-refractivity contribution in [3.63, 3.8) is 0 Å². The van der Waals surface area contributed by atoms with E-state index >= 15 is 0 Å². The van der Waals surface area contributed by atoms with E-state index in [0.717, 1.165) is 0 Å². The van der Waals surface area contributed by atoms with Gasteiger partial charge in [-0.15, -0.1) is 0 Å². The van der Waals surface area contributed by atoms with Crippen LogP contribution >= 0.6 is 0 Å². The number of rotatable bonds is 4. The topological polar surface area (TPSA) is 0 Å². The molecule has 0 N–H and O–H groups in total. The van der Waals surface area contributed by atoms with Crippen LogP contribution in [0, 0.1) is 0 Å². The minimum absolute atomic E-state index is 0.372. The summed E-state index contributed by atoms with van der Waals surface area (Å²) in [5, 5.41) is 0. The molecular weight excluding hydrogens is 901 g/mol.